The van der Waals surface area contributed by atoms with Crippen LogP contribution in [0.15, 0.2) is 33.3 Å². The number of hydrogen-bond donors (Lipinski definition) is 1. The molecule has 5 heteroatoms. The molecule has 0 saturated carbocycles. The van der Waals surface area contributed by atoms with E-state index in [0.717, 1.165) is 0 Å². The molecule has 0 fully saturated rings. The molecule has 0 aliphatic heterocycles. The van der Waals surface area contributed by atoms with Crippen molar-refractivity contribution in [3.05, 3.63) is 34.6 Å². The Kier molecular flexibility index (Phi) is 2.25. The van der Waals surface area contributed by atoms with Gasteiger partial charge in [0.15, 0.2) is 11.6 Å². The molecule has 0 bridgehead atoms. The van der Waals surface area contributed by atoms with Crippen molar-refractivity contribution in [2.45, 2.75) is 0 Å². The second-order valence-corrected chi connectivity index (χ2v) is 3.57. The van der Waals surface area contributed by atoms with Gasteiger partial charge in [-0.2, -0.15) is 0 Å². The maximum atomic E-state index is 13.4. The zero-order valence-corrected chi connectivity index (χ0v) is 8.58. The average molecular weight is 257 g/mol. The van der Waals surface area contributed by atoms with Gasteiger partial charge in [-0.25, -0.2) is 4.39 Å². The number of benzene rings is 1. The first-order valence-electron chi connectivity index (χ1n) is 3.85. The van der Waals surface area contributed by atoms with E-state index in [1.165, 1.54) is 12.1 Å². The van der Waals surface area contributed by atoms with E-state index in [2.05, 4.69) is 21.1 Å². The van der Waals surface area contributed by atoms with Crippen LogP contribution in [0, 0.1) is 5.82 Å². The summed E-state index contributed by atoms with van der Waals surface area (Å²) < 4.78 is 18.9. The number of nitrogens with zero attached hydrogens (tertiary/aromatic N) is 1. The van der Waals surface area contributed by atoms with Gasteiger partial charge < -0.3 is 10.3 Å². The van der Waals surface area contributed by atoms with Gasteiger partial charge >= 0.3 is 0 Å². The van der Waals surface area contributed by atoms with Gasteiger partial charge in [0.25, 0.3) is 0 Å². The summed E-state index contributed by atoms with van der Waals surface area (Å²) in [5.74, 6) is 0.165. The molecule has 2 aromatic rings. The molecule has 0 spiro atoms. The Labute approximate surface area is 87.8 Å². The van der Waals surface area contributed by atoms with E-state index in [0.29, 0.717) is 15.8 Å². The number of aromatic nitrogens is 1. The molecular weight excluding hydrogens is 251 g/mol. The van der Waals surface area contributed by atoms with Crippen molar-refractivity contribution in [1.29, 1.82) is 0 Å². The van der Waals surface area contributed by atoms with Gasteiger partial charge in [0.2, 0.25) is 0 Å². The molecule has 0 unspecified atom stereocenters. The van der Waals surface area contributed by atoms with Crippen LogP contribution in [0.5, 0.6) is 0 Å². The zero-order valence-electron chi connectivity index (χ0n) is 7.00. The largest absolute Gasteiger partial charge is 0.381 e. The Bertz CT molecular complexity index is 449. The monoisotopic (exact) mass is 256 g/mol. The summed E-state index contributed by atoms with van der Waals surface area (Å²) in [6.07, 6.45) is 0. The SMILES string of the molecule is Nc1cc(-c2c(F)cccc2Br)on1. The van der Waals surface area contributed by atoms with Crippen LogP contribution >= 0.6 is 15.9 Å². The molecular formula is C9H6BrFN2O. The second-order valence-electron chi connectivity index (χ2n) is 2.71. The summed E-state index contributed by atoms with van der Waals surface area (Å²) in [6, 6.07) is 6.14. The van der Waals surface area contributed by atoms with Crippen LogP contribution in [0.2, 0.25) is 0 Å². The smallest absolute Gasteiger partial charge is 0.173 e. The van der Waals surface area contributed by atoms with Gasteiger partial charge in [-0.3, -0.25) is 0 Å². The fraction of sp³-hybridized carbons (Fsp3) is 0. The molecule has 0 aliphatic rings. The van der Waals surface area contributed by atoms with Crippen LogP contribution in [0.3, 0.4) is 0 Å². The van der Waals surface area contributed by atoms with Crippen molar-refractivity contribution in [2.75, 3.05) is 5.73 Å². The van der Waals surface area contributed by atoms with Crippen LogP contribution in [-0.2, 0) is 0 Å². The predicted octanol–water partition coefficient (Wildman–Crippen LogP) is 2.83. The van der Waals surface area contributed by atoms with Crippen molar-refractivity contribution in [3.8, 4) is 11.3 Å². The van der Waals surface area contributed by atoms with E-state index in [4.69, 9.17) is 10.3 Å². The average Bonchev–Trinajstić information content (AvgIpc) is 2.51. The van der Waals surface area contributed by atoms with E-state index in [-0.39, 0.29) is 11.6 Å². The lowest BCUT2D eigenvalue weighted by Crippen LogP contribution is -1.83. The lowest BCUT2D eigenvalue weighted by atomic mass is 10.1. The minimum absolute atomic E-state index is 0.232. The van der Waals surface area contributed by atoms with Gasteiger partial charge in [-0.15, -0.1) is 0 Å². The van der Waals surface area contributed by atoms with Crippen LogP contribution in [0.4, 0.5) is 10.2 Å². The Morgan fingerprint density at radius 2 is 2.21 bits per heavy atom. The quantitative estimate of drug-likeness (QED) is 0.854. The van der Waals surface area contributed by atoms with Crippen LogP contribution in [0.1, 0.15) is 0 Å². The normalized spacial score (nSPS) is 10.4. The minimum Gasteiger partial charge on any atom is -0.381 e. The van der Waals surface area contributed by atoms with Crippen molar-refractivity contribution in [1.82, 2.24) is 5.16 Å². The first-order valence-corrected chi connectivity index (χ1v) is 4.64. The number of halogens is 2. The maximum Gasteiger partial charge on any atom is 0.173 e. The van der Waals surface area contributed by atoms with Gasteiger partial charge in [0, 0.05) is 10.5 Å². The van der Waals surface area contributed by atoms with Crippen LogP contribution < -0.4 is 5.73 Å². The van der Waals surface area contributed by atoms with Crippen molar-refractivity contribution in [2.24, 2.45) is 0 Å². The molecule has 2 N–H and O–H groups in total. The second kappa shape index (κ2) is 3.42. The highest BCUT2D eigenvalue weighted by Crippen LogP contribution is 2.31. The topological polar surface area (TPSA) is 52.0 Å². The van der Waals surface area contributed by atoms with E-state index < -0.39 is 0 Å². The molecule has 0 atom stereocenters. The van der Waals surface area contributed by atoms with Gasteiger partial charge in [-0.1, -0.05) is 11.2 Å². The van der Waals surface area contributed by atoms with Gasteiger partial charge in [0.05, 0.1) is 5.56 Å². The number of anilines is 1. The van der Waals surface area contributed by atoms with Crippen molar-refractivity contribution < 1.29 is 8.91 Å². The molecule has 72 valence electrons. The highest BCUT2D eigenvalue weighted by molar-refractivity contribution is 9.10. The Hall–Kier alpha value is -1.36. The number of nitrogen functional groups attached to an aromatic ring is 1. The summed E-state index contributed by atoms with van der Waals surface area (Å²) in [7, 11) is 0. The fourth-order valence-corrected chi connectivity index (χ4v) is 1.68. The third-order valence-electron chi connectivity index (χ3n) is 1.74. The van der Waals surface area contributed by atoms with E-state index in [1.54, 1.807) is 12.1 Å². The van der Waals surface area contributed by atoms with Crippen LogP contribution in [0.25, 0.3) is 11.3 Å². The first-order chi connectivity index (χ1) is 6.68. The van der Waals surface area contributed by atoms with Gasteiger partial charge in [0.1, 0.15) is 5.82 Å². The molecule has 3 nitrogen and oxygen atoms in total. The molecule has 0 radical (unpaired) electrons. The summed E-state index contributed by atoms with van der Waals surface area (Å²) >= 11 is 3.22. The molecule has 0 saturated heterocycles. The molecule has 2 rings (SSSR count). The van der Waals surface area contributed by atoms with E-state index >= 15 is 0 Å². The first kappa shape index (κ1) is 9.21. The van der Waals surface area contributed by atoms with E-state index in [9.17, 15) is 4.39 Å². The maximum absolute atomic E-state index is 13.4. The third kappa shape index (κ3) is 1.50. The number of nitrogens with two attached hydrogens (primary N) is 1. The Morgan fingerprint density at radius 3 is 2.79 bits per heavy atom. The standard InChI is InChI=1S/C9H6BrFN2O/c10-5-2-1-3-6(11)9(5)7-4-8(12)13-14-7/h1-4H,(H2,12,13). The Morgan fingerprint density at radius 1 is 1.43 bits per heavy atom. The highest BCUT2D eigenvalue weighted by Gasteiger charge is 2.13. The summed E-state index contributed by atoms with van der Waals surface area (Å²) in [5.41, 5.74) is 5.70. The summed E-state index contributed by atoms with van der Waals surface area (Å²) in [4.78, 5) is 0. The molecule has 1 aromatic heterocycles. The number of hydrogen-bond acceptors (Lipinski definition) is 3. The minimum atomic E-state index is -0.379. The molecule has 0 aliphatic carbocycles. The lowest BCUT2D eigenvalue weighted by Gasteiger charge is -2.00. The van der Waals surface area contributed by atoms with Crippen molar-refractivity contribution in [3.63, 3.8) is 0 Å². The molecule has 1 heterocycles. The highest BCUT2D eigenvalue weighted by atomic mass is 79.9. The number of rotatable bonds is 1. The molecule has 1 aromatic carbocycles. The zero-order chi connectivity index (χ0) is 10.1. The Balaban J connectivity index is 2.61. The fourth-order valence-electron chi connectivity index (χ4n) is 1.14. The molecule has 0 amide bonds. The van der Waals surface area contributed by atoms with Gasteiger partial charge in [-0.05, 0) is 28.1 Å². The summed E-state index contributed by atoms with van der Waals surface area (Å²) in [6.45, 7) is 0. The summed E-state index contributed by atoms with van der Waals surface area (Å²) in [5, 5.41) is 3.49. The third-order valence-corrected chi connectivity index (χ3v) is 2.40. The predicted molar refractivity (Wildman–Crippen MR) is 54.0 cm³/mol. The lowest BCUT2D eigenvalue weighted by molar-refractivity contribution is 0.433. The van der Waals surface area contributed by atoms with Crippen LogP contribution in [-0.4, -0.2) is 5.16 Å². The van der Waals surface area contributed by atoms with E-state index in [1.807, 2.05) is 0 Å². The molecule has 14 heavy (non-hydrogen) atoms. The van der Waals surface area contributed by atoms with Crippen molar-refractivity contribution >= 4 is 21.7 Å².